The van der Waals surface area contributed by atoms with Crippen molar-refractivity contribution in [2.75, 3.05) is 11.9 Å². The fourth-order valence-corrected chi connectivity index (χ4v) is 3.33. The zero-order valence-electron chi connectivity index (χ0n) is 9.69. The molecule has 0 fully saturated rings. The van der Waals surface area contributed by atoms with Crippen molar-refractivity contribution in [2.45, 2.75) is 6.54 Å². The summed E-state index contributed by atoms with van der Waals surface area (Å²) in [6.07, 6.45) is 0.766. The first-order valence-corrected chi connectivity index (χ1v) is 7.34. The molecule has 0 unspecified atom stereocenters. The third-order valence-electron chi connectivity index (χ3n) is 2.57. The van der Waals surface area contributed by atoms with Gasteiger partial charge in [-0.1, -0.05) is 11.6 Å². The van der Waals surface area contributed by atoms with Gasteiger partial charge in [0.2, 0.25) is 0 Å². The van der Waals surface area contributed by atoms with E-state index in [9.17, 15) is 4.79 Å². The van der Waals surface area contributed by atoms with E-state index < -0.39 is 0 Å². The molecule has 1 aromatic carbocycles. The smallest absolute Gasteiger partial charge is 0.151 e. The molecule has 0 atom stereocenters. The lowest BCUT2D eigenvalue weighted by Gasteiger charge is -2.19. The van der Waals surface area contributed by atoms with Gasteiger partial charge in [0.25, 0.3) is 0 Å². The number of aldehydes is 1. The number of carbonyl (C=O) groups is 1. The van der Waals surface area contributed by atoms with Crippen LogP contribution in [0.15, 0.2) is 34.1 Å². The Morgan fingerprint density at radius 2 is 2.22 bits per heavy atom. The van der Waals surface area contributed by atoms with Crippen LogP contribution in [0.2, 0.25) is 5.02 Å². The number of anilines is 1. The van der Waals surface area contributed by atoms with Crippen LogP contribution in [0, 0.1) is 0 Å². The highest BCUT2D eigenvalue weighted by atomic mass is 79.9. The fraction of sp³-hybridized carbons (Fsp3) is 0.154. The first kappa shape index (κ1) is 13.6. The van der Waals surface area contributed by atoms with Gasteiger partial charge in [-0.05, 0) is 40.2 Å². The van der Waals surface area contributed by atoms with Gasteiger partial charge in [-0.3, -0.25) is 4.79 Å². The molecule has 0 aliphatic carbocycles. The maximum absolute atomic E-state index is 10.7. The van der Waals surface area contributed by atoms with Gasteiger partial charge in [-0.2, -0.15) is 0 Å². The molecule has 0 amide bonds. The first-order valence-electron chi connectivity index (χ1n) is 5.29. The number of nitrogens with zero attached hydrogens (tertiary/aromatic N) is 1. The van der Waals surface area contributed by atoms with Crippen LogP contribution >= 0.6 is 38.9 Å². The van der Waals surface area contributed by atoms with Gasteiger partial charge in [0, 0.05) is 33.0 Å². The van der Waals surface area contributed by atoms with Crippen LogP contribution in [-0.4, -0.2) is 13.3 Å². The average molecular weight is 345 g/mol. The molecule has 0 saturated heterocycles. The lowest BCUT2D eigenvalue weighted by molar-refractivity contribution is 0.112. The third-order valence-corrected chi connectivity index (χ3v) is 4.58. The SMILES string of the molecule is CN(Cc1cc(Br)cs1)c1ccc(C=O)c(Cl)c1. The molecule has 0 radical (unpaired) electrons. The number of rotatable bonds is 4. The van der Waals surface area contributed by atoms with Gasteiger partial charge in [0.1, 0.15) is 0 Å². The molecule has 2 rings (SSSR count). The monoisotopic (exact) mass is 343 g/mol. The van der Waals surface area contributed by atoms with E-state index in [-0.39, 0.29) is 0 Å². The Kier molecular flexibility index (Phi) is 4.43. The number of benzene rings is 1. The van der Waals surface area contributed by atoms with Crippen molar-refractivity contribution in [3.63, 3.8) is 0 Å². The standard InChI is InChI=1S/C13H11BrClNOS/c1-16(6-12-4-10(14)8-18-12)11-3-2-9(7-17)13(15)5-11/h2-5,7-8H,6H2,1H3. The quantitative estimate of drug-likeness (QED) is 0.755. The molecule has 0 N–H and O–H groups in total. The van der Waals surface area contributed by atoms with Crippen LogP contribution < -0.4 is 4.90 Å². The van der Waals surface area contributed by atoms with Gasteiger partial charge in [-0.15, -0.1) is 11.3 Å². The molecule has 5 heteroatoms. The number of thiophene rings is 1. The molecular formula is C13H11BrClNOS. The Hall–Kier alpha value is -0.840. The Labute approximate surface area is 123 Å². The minimum absolute atomic E-state index is 0.488. The van der Waals surface area contributed by atoms with E-state index >= 15 is 0 Å². The normalized spacial score (nSPS) is 10.4. The zero-order valence-corrected chi connectivity index (χ0v) is 12.8. The molecule has 2 nitrogen and oxygen atoms in total. The van der Waals surface area contributed by atoms with E-state index in [1.54, 1.807) is 17.4 Å². The van der Waals surface area contributed by atoms with Crippen LogP contribution in [0.3, 0.4) is 0 Å². The van der Waals surface area contributed by atoms with Gasteiger partial charge in [0.15, 0.2) is 6.29 Å². The summed E-state index contributed by atoms with van der Waals surface area (Å²) < 4.78 is 1.10. The van der Waals surface area contributed by atoms with Gasteiger partial charge in [-0.25, -0.2) is 0 Å². The first-order chi connectivity index (χ1) is 8.60. The number of hydrogen-bond donors (Lipinski definition) is 0. The fourth-order valence-electron chi connectivity index (χ4n) is 1.61. The molecule has 0 saturated carbocycles. The van der Waals surface area contributed by atoms with Crippen molar-refractivity contribution in [3.8, 4) is 0 Å². The average Bonchev–Trinajstić information content (AvgIpc) is 2.74. The molecule has 94 valence electrons. The second-order valence-electron chi connectivity index (χ2n) is 3.91. The highest BCUT2D eigenvalue weighted by Gasteiger charge is 2.07. The van der Waals surface area contributed by atoms with Gasteiger partial charge >= 0.3 is 0 Å². The number of halogens is 2. The zero-order chi connectivity index (χ0) is 13.1. The lowest BCUT2D eigenvalue weighted by Crippen LogP contribution is -2.15. The second kappa shape index (κ2) is 5.87. The molecule has 0 aliphatic rings. The summed E-state index contributed by atoms with van der Waals surface area (Å²) in [5.74, 6) is 0. The Bertz CT molecular complexity index is 570. The molecule has 2 aromatic rings. The summed E-state index contributed by atoms with van der Waals surface area (Å²) in [5.41, 5.74) is 1.52. The molecule has 0 aliphatic heterocycles. The maximum Gasteiger partial charge on any atom is 0.151 e. The summed E-state index contributed by atoms with van der Waals surface area (Å²) in [6, 6.07) is 7.56. The van der Waals surface area contributed by atoms with E-state index in [4.69, 9.17) is 11.6 Å². The highest BCUT2D eigenvalue weighted by molar-refractivity contribution is 9.10. The predicted octanol–water partition coefficient (Wildman–Crippen LogP) is 4.61. The predicted molar refractivity (Wildman–Crippen MR) is 81.0 cm³/mol. The molecule has 1 aromatic heterocycles. The lowest BCUT2D eigenvalue weighted by atomic mass is 10.2. The summed E-state index contributed by atoms with van der Waals surface area (Å²) in [6.45, 7) is 0.813. The van der Waals surface area contributed by atoms with Crippen LogP contribution in [0.25, 0.3) is 0 Å². The molecule has 0 bridgehead atoms. The van der Waals surface area contributed by atoms with E-state index in [1.807, 2.05) is 19.2 Å². The second-order valence-corrected chi connectivity index (χ2v) is 6.23. The molecule has 18 heavy (non-hydrogen) atoms. The minimum atomic E-state index is 0.488. The van der Waals surface area contributed by atoms with Crippen molar-refractivity contribution >= 4 is 50.8 Å². The van der Waals surface area contributed by atoms with E-state index in [1.165, 1.54) is 4.88 Å². The van der Waals surface area contributed by atoms with Crippen molar-refractivity contribution in [1.82, 2.24) is 0 Å². The number of hydrogen-bond acceptors (Lipinski definition) is 3. The van der Waals surface area contributed by atoms with Crippen LogP contribution in [0.4, 0.5) is 5.69 Å². The summed E-state index contributed by atoms with van der Waals surface area (Å²) in [5, 5.41) is 2.55. The van der Waals surface area contributed by atoms with Crippen LogP contribution in [0.5, 0.6) is 0 Å². The van der Waals surface area contributed by atoms with E-state index in [0.717, 1.165) is 23.0 Å². The van der Waals surface area contributed by atoms with Crippen molar-refractivity contribution in [2.24, 2.45) is 0 Å². The molecule has 0 spiro atoms. The number of carbonyl (C=O) groups excluding carboxylic acids is 1. The molecular weight excluding hydrogens is 334 g/mol. The Morgan fingerprint density at radius 3 is 2.78 bits per heavy atom. The topological polar surface area (TPSA) is 20.3 Å². The van der Waals surface area contributed by atoms with Gasteiger partial charge < -0.3 is 4.90 Å². The van der Waals surface area contributed by atoms with Gasteiger partial charge in [0.05, 0.1) is 11.6 Å². The van der Waals surface area contributed by atoms with E-state index in [0.29, 0.717) is 10.6 Å². The van der Waals surface area contributed by atoms with Crippen LogP contribution in [0.1, 0.15) is 15.2 Å². The van der Waals surface area contributed by atoms with Crippen molar-refractivity contribution in [1.29, 1.82) is 0 Å². The maximum atomic E-state index is 10.7. The summed E-state index contributed by atoms with van der Waals surface area (Å²) >= 11 is 11.2. The summed E-state index contributed by atoms with van der Waals surface area (Å²) in [4.78, 5) is 14.1. The minimum Gasteiger partial charge on any atom is -0.369 e. The Morgan fingerprint density at radius 1 is 1.44 bits per heavy atom. The highest BCUT2D eigenvalue weighted by Crippen LogP contribution is 2.26. The third kappa shape index (κ3) is 3.13. The van der Waals surface area contributed by atoms with Crippen molar-refractivity contribution < 1.29 is 4.79 Å². The van der Waals surface area contributed by atoms with E-state index in [2.05, 4.69) is 32.3 Å². The Balaban J connectivity index is 2.16. The van der Waals surface area contributed by atoms with Crippen LogP contribution in [-0.2, 0) is 6.54 Å². The molecule has 1 heterocycles. The van der Waals surface area contributed by atoms with Crippen molar-refractivity contribution in [3.05, 3.63) is 49.6 Å². The summed E-state index contributed by atoms with van der Waals surface area (Å²) in [7, 11) is 2.00. The largest absolute Gasteiger partial charge is 0.369 e.